The normalized spacial score (nSPS) is 28.9. The molecule has 0 aliphatic carbocycles. The number of ether oxygens (including phenoxy) is 3. The maximum Gasteiger partial charge on any atom is 0.336 e. The first-order valence-corrected chi connectivity index (χ1v) is 15.9. The number of thiophene rings is 1. The van der Waals surface area contributed by atoms with Crippen LogP contribution < -0.4 is 4.74 Å². The number of benzene rings is 2. The van der Waals surface area contributed by atoms with E-state index in [0.29, 0.717) is 40.5 Å². The van der Waals surface area contributed by atoms with Gasteiger partial charge in [0.15, 0.2) is 0 Å². The minimum Gasteiger partial charge on any atom is -0.489 e. The largest absolute Gasteiger partial charge is 0.489 e. The van der Waals surface area contributed by atoms with Gasteiger partial charge in [-0.05, 0) is 98.7 Å². The van der Waals surface area contributed by atoms with Crippen LogP contribution in [0.5, 0.6) is 5.75 Å². The van der Waals surface area contributed by atoms with E-state index >= 15 is 0 Å². The number of rotatable bonds is 5. The second-order valence-corrected chi connectivity index (χ2v) is 13.6. The van der Waals surface area contributed by atoms with Gasteiger partial charge in [-0.1, -0.05) is 12.1 Å². The van der Waals surface area contributed by atoms with Crippen LogP contribution in [0.25, 0.3) is 31.6 Å². The lowest BCUT2D eigenvalue weighted by Crippen LogP contribution is -2.32. The summed E-state index contributed by atoms with van der Waals surface area (Å²) in [6, 6.07) is 12.5. The van der Waals surface area contributed by atoms with Crippen LogP contribution in [-0.2, 0) is 9.47 Å². The van der Waals surface area contributed by atoms with Gasteiger partial charge < -0.3 is 19.3 Å². The van der Waals surface area contributed by atoms with Crippen LogP contribution in [0.2, 0.25) is 0 Å². The highest BCUT2D eigenvalue weighted by Crippen LogP contribution is 2.46. The lowest BCUT2D eigenvalue weighted by molar-refractivity contribution is -0.0435. The first kappa shape index (κ1) is 25.7. The maximum atomic E-state index is 12.7. The Bertz CT molecular complexity index is 1680. The van der Waals surface area contributed by atoms with E-state index in [4.69, 9.17) is 19.2 Å². The van der Waals surface area contributed by atoms with Crippen LogP contribution in [0.1, 0.15) is 84.3 Å². The van der Waals surface area contributed by atoms with Gasteiger partial charge in [-0.15, -0.1) is 11.3 Å². The Morgan fingerprint density at radius 1 is 0.976 bits per heavy atom. The average Bonchev–Trinajstić information content (AvgIpc) is 3.60. The molecule has 4 aliphatic rings. The van der Waals surface area contributed by atoms with Gasteiger partial charge in [0.1, 0.15) is 11.9 Å². The van der Waals surface area contributed by atoms with E-state index in [-0.39, 0.29) is 23.9 Å². The molecule has 4 bridgehead atoms. The molecule has 0 spiro atoms. The molecular formula is C34H35NO5S. The molecule has 4 aliphatic heterocycles. The number of pyridine rings is 1. The van der Waals surface area contributed by atoms with E-state index in [1.165, 1.54) is 28.5 Å². The highest BCUT2D eigenvalue weighted by molar-refractivity contribution is 7.22. The molecule has 0 amide bonds. The number of aryl methyl sites for hydroxylation is 2. The fraction of sp³-hybridized carbons (Fsp3) is 0.471. The summed E-state index contributed by atoms with van der Waals surface area (Å²) in [5, 5.41) is 12.2. The van der Waals surface area contributed by atoms with Crippen LogP contribution >= 0.6 is 11.3 Å². The number of carboxylic acid groups (broad SMARTS) is 1. The molecule has 41 heavy (non-hydrogen) atoms. The molecule has 2 aromatic heterocycles. The fourth-order valence-corrected chi connectivity index (χ4v) is 8.96. The highest BCUT2D eigenvalue weighted by atomic mass is 32.1. The number of carboxylic acids is 1. The van der Waals surface area contributed by atoms with Crippen molar-refractivity contribution in [3.05, 3.63) is 58.7 Å². The zero-order chi connectivity index (χ0) is 27.8. The molecule has 0 saturated carbocycles. The number of nitrogens with zero attached hydrogens (tertiary/aromatic N) is 1. The van der Waals surface area contributed by atoms with Crippen LogP contribution in [-0.4, -0.2) is 46.6 Å². The summed E-state index contributed by atoms with van der Waals surface area (Å²) in [6.07, 6.45) is 9.80. The number of aromatic nitrogens is 1. The summed E-state index contributed by atoms with van der Waals surface area (Å²) >= 11 is 1.69. The molecule has 212 valence electrons. The van der Waals surface area contributed by atoms with Crippen LogP contribution in [0, 0.1) is 13.8 Å². The number of aromatic carboxylic acids is 1. The maximum absolute atomic E-state index is 12.7. The number of hydrogen-bond acceptors (Lipinski definition) is 6. The molecule has 4 saturated heterocycles. The van der Waals surface area contributed by atoms with E-state index in [2.05, 4.69) is 25.1 Å². The number of fused-ring (bicyclic) bond motifs is 6. The summed E-state index contributed by atoms with van der Waals surface area (Å²) in [6.45, 7) is 4.13. The predicted octanol–water partition coefficient (Wildman–Crippen LogP) is 7.95. The number of carbonyl (C=O) groups is 1. The SMILES string of the molecule is Cc1c(-c2cc(C(=O)O)c3c(O[C@@H]4C[C@H]5CC[C@@H](C4)O5)ccc(C)c3n2)sc2ccc(C3C[C@H]4CCC[C@@H]3O4)cc12. The van der Waals surface area contributed by atoms with Crippen molar-refractivity contribution in [1.29, 1.82) is 0 Å². The lowest BCUT2D eigenvalue weighted by Gasteiger charge is -2.29. The van der Waals surface area contributed by atoms with Gasteiger partial charge >= 0.3 is 5.97 Å². The Kier molecular flexibility index (Phi) is 6.13. The third-order valence-electron chi connectivity index (χ3n) is 9.86. The molecule has 8 rings (SSSR count). The van der Waals surface area contributed by atoms with Crippen LogP contribution in [0.3, 0.4) is 0 Å². The zero-order valence-corrected chi connectivity index (χ0v) is 24.3. The van der Waals surface area contributed by atoms with Crippen molar-refractivity contribution in [3.8, 4) is 16.3 Å². The summed E-state index contributed by atoms with van der Waals surface area (Å²) in [7, 11) is 0. The van der Waals surface area contributed by atoms with Gasteiger partial charge in [-0.25, -0.2) is 9.78 Å². The Hall–Kier alpha value is -3.00. The Morgan fingerprint density at radius 2 is 1.78 bits per heavy atom. The van der Waals surface area contributed by atoms with Crippen LogP contribution in [0.15, 0.2) is 36.4 Å². The smallest absolute Gasteiger partial charge is 0.336 e. The molecule has 4 aromatic rings. The monoisotopic (exact) mass is 569 g/mol. The van der Waals surface area contributed by atoms with Gasteiger partial charge in [0.2, 0.25) is 0 Å². The molecular weight excluding hydrogens is 534 g/mol. The van der Waals surface area contributed by atoms with E-state index in [1.54, 1.807) is 17.4 Å². The summed E-state index contributed by atoms with van der Waals surface area (Å²) in [4.78, 5) is 18.8. The fourth-order valence-electron chi connectivity index (χ4n) is 7.81. The number of hydrogen-bond donors (Lipinski definition) is 1. The third-order valence-corrected chi connectivity index (χ3v) is 11.2. The second kappa shape index (κ2) is 9.79. The minimum absolute atomic E-state index is 0.0253. The van der Waals surface area contributed by atoms with Gasteiger partial charge in [-0.3, -0.25) is 0 Å². The average molecular weight is 570 g/mol. The molecule has 1 N–H and O–H groups in total. The van der Waals surface area contributed by atoms with Gasteiger partial charge in [-0.2, -0.15) is 0 Å². The van der Waals surface area contributed by atoms with E-state index in [0.717, 1.165) is 54.5 Å². The first-order valence-electron chi connectivity index (χ1n) is 15.1. The van der Waals surface area contributed by atoms with Crippen molar-refractivity contribution in [2.24, 2.45) is 0 Å². The van der Waals surface area contributed by atoms with Gasteiger partial charge in [0.25, 0.3) is 0 Å². The molecule has 6 atom stereocenters. The molecule has 1 unspecified atom stereocenters. The quantitative estimate of drug-likeness (QED) is 0.263. The van der Waals surface area contributed by atoms with Crippen LogP contribution in [0.4, 0.5) is 0 Å². The van der Waals surface area contributed by atoms with Crippen molar-refractivity contribution in [2.75, 3.05) is 0 Å². The second-order valence-electron chi connectivity index (χ2n) is 12.5. The Morgan fingerprint density at radius 3 is 2.56 bits per heavy atom. The van der Waals surface area contributed by atoms with Crippen molar-refractivity contribution in [3.63, 3.8) is 0 Å². The van der Waals surface area contributed by atoms with E-state index in [9.17, 15) is 9.90 Å². The third kappa shape index (κ3) is 4.36. The summed E-state index contributed by atoms with van der Waals surface area (Å²) < 4.78 is 20.0. The van der Waals surface area contributed by atoms with Crippen molar-refractivity contribution in [2.45, 2.75) is 102 Å². The van der Waals surface area contributed by atoms with Gasteiger partial charge in [0, 0.05) is 23.5 Å². The van der Waals surface area contributed by atoms with E-state index < -0.39 is 5.97 Å². The first-order chi connectivity index (χ1) is 19.9. The molecule has 2 aromatic carbocycles. The molecule has 4 fully saturated rings. The topological polar surface area (TPSA) is 77.9 Å². The van der Waals surface area contributed by atoms with Crippen molar-refractivity contribution < 1.29 is 24.1 Å². The predicted molar refractivity (Wildman–Crippen MR) is 160 cm³/mol. The van der Waals surface area contributed by atoms with Crippen molar-refractivity contribution >= 4 is 38.3 Å². The zero-order valence-electron chi connectivity index (χ0n) is 23.5. The molecule has 6 heterocycles. The minimum atomic E-state index is -0.963. The standard InChI is InChI=1S/C34H35NO5S/c1-17-6-10-29(40-23-13-21-8-9-22(14-23)38-21)31-26(34(36)37)16-27(35-32(17)31)33-18(2)24-12-19(7-11-30(24)41-33)25-15-20-4-3-5-28(25)39-20/h6-7,10-12,16,20-23,25,28H,3-5,8-9,13-15H2,1-2H3,(H,36,37)/t20-,21-,22+,23-,25?,28+/m1/s1. The molecule has 7 heteroatoms. The van der Waals surface area contributed by atoms with Crippen molar-refractivity contribution in [1.82, 2.24) is 4.98 Å². The molecule has 6 nitrogen and oxygen atoms in total. The Balaban J connectivity index is 1.20. The molecule has 0 radical (unpaired) electrons. The Labute approximate surface area is 243 Å². The summed E-state index contributed by atoms with van der Waals surface area (Å²) in [5.41, 5.74) is 5.10. The lowest BCUT2D eigenvalue weighted by atomic mass is 9.90. The summed E-state index contributed by atoms with van der Waals surface area (Å²) in [5.74, 6) is 0.101. The van der Waals surface area contributed by atoms with Gasteiger partial charge in [0.05, 0.1) is 51.5 Å². The highest BCUT2D eigenvalue weighted by Gasteiger charge is 2.39. The van der Waals surface area contributed by atoms with E-state index in [1.807, 2.05) is 19.1 Å².